The molecular formula is C6H3ClN4S2. The summed E-state index contributed by atoms with van der Waals surface area (Å²) < 4.78 is 4.72. The summed E-state index contributed by atoms with van der Waals surface area (Å²) in [4.78, 5) is 11.8. The predicted molar refractivity (Wildman–Crippen MR) is 51.1 cm³/mol. The Bertz CT molecular complexity index is 391. The molecular weight excluding hydrogens is 228 g/mol. The van der Waals surface area contributed by atoms with Crippen molar-refractivity contribution in [2.24, 2.45) is 0 Å². The number of nitrogens with zero attached hydrogens (tertiary/aromatic N) is 4. The van der Waals surface area contributed by atoms with Gasteiger partial charge in [-0.15, -0.1) is 0 Å². The van der Waals surface area contributed by atoms with Gasteiger partial charge in [0.05, 0.1) is 0 Å². The molecule has 0 amide bonds. The van der Waals surface area contributed by atoms with Crippen molar-refractivity contribution in [3.8, 4) is 0 Å². The Morgan fingerprint density at radius 2 is 2.15 bits per heavy atom. The summed E-state index contributed by atoms with van der Waals surface area (Å²) in [6, 6.07) is 1.69. The average molecular weight is 231 g/mol. The molecule has 0 atom stereocenters. The Morgan fingerprint density at radius 1 is 1.23 bits per heavy atom. The molecule has 0 bridgehead atoms. The van der Waals surface area contributed by atoms with Gasteiger partial charge >= 0.3 is 0 Å². The highest BCUT2D eigenvalue weighted by atomic mass is 35.5. The quantitative estimate of drug-likeness (QED) is 0.740. The molecule has 0 spiro atoms. The van der Waals surface area contributed by atoms with E-state index in [2.05, 4.69) is 19.3 Å². The third-order valence-corrected chi connectivity index (χ3v) is 3.00. The fourth-order valence-electron chi connectivity index (χ4n) is 0.671. The lowest BCUT2D eigenvalue weighted by Crippen LogP contribution is -1.81. The Kier molecular flexibility index (Phi) is 2.72. The molecule has 0 saturated heterocycles. The summed E-state index contributed by atoms with van der Waals surface area (Å²) in [6.45, 7) is 0. The van der Waals surface area contributed by atoms with Gasteiger partial charge < -0.3 is 0 Å². The van der Waals surface area contributed by atoms with Crippen LogP contribution in [0.4, 0.5) is 0 Å². The molecule has 66 valence electrons. The number of halogens is 1. The van der Waals surface area contributed by atoms with Crippen molar-refractivity contribution in [3.05, 3.63) is 23.9 Å². The average Bonchev–Trinajstić information content (AvgIpc) is 2.57. The van der Waals surface area contributed by atoms with Gasteiger partial charge in [-0.25, -0.2) is 15.0 Å². The monoisotopic (exact) mass is 230 g/mol. The minimum Gasteiger partial charge on any atom is -0.229 e. The maximum atomic E-state index is 5.69. The zero-order valence-corrected chi connectivity index (χ0v) is 8.60. The molecule has 0 aliphatic rings. The van der Waals surface area contributed by atoms with Crippen LogP contribution < -0.4 is 0 Å². The van der Waals surface area contributed by atoms with Crippen molar-refractivity contribution >= 4 is 34.9 Å². The van der Waals surface area contributed by atoms with E-state index in [4.69, 9.17) is 11.6 Å². The van der Waals surface area contributed by atoms with Crippen LogP contribution in [-0.2, 0) is 0 Å². The molecule has 0 saturated carbocycles. The number of rotatable bonds is 2. The first kappa shape index (κ1) is 8.86. The topological polar surface area (TPSA) is 51.6 Å². The van der Waals surface area contributed by atoms with E-state index < -0.39 is 0 Å². The van der Waals surface area contributed by atoms with Gasteiger partial charge in [-0.1, -0.05) is 11.6 Å². The van der Waals surface area contributed by atoms with Crippen molar-refractivity contribution in [3.63, 3.8) is 0 Å². The summed E-state index contributed by atoms with van der Waals surface area (Å²) in [6.07, 6.45) is 2.93. The van der Waals surface area contributed by atoms with Gasteiger partial charge in [0.25, 0.3) is 0 Å². The van der Waals surface area contributed by atoms with Crippen LogP contribution in [-0.4, -0.2) is 19.3 Å². The van der Waals surface area contributed by atoms with Gasteiger partial charge in [0.1, 0.15) is 22.8 Å². The van der Waals surface area contributed by atoms with Crippen molar-refractivity contribution in [1.29, 1.82) is 0 Å². The second kappa shape index (κ2) is 3.99. The van der Waals surface area contributed by atoms with Gasteiger partial charge in [-0.2, -0.15) is 4.37 Å². The van der Waals surface area contributed by atoms with E-state index in [1.807, 2.05) is 0 Å². The maximum absolute atomic E-state index is 5.69. The fraction of sp³-hybridized carbons (Fsp3) is 0. The second-order valence-electron chi connectivity index (χ2n) is 1.99. The lowest BCUT2D eigenvalue weighted by Gasteiger charge is -1.94. The molecule has 0 unspecified atom stereocenters. The Morgan fingerprint density at radius 3 is 2.85 bits per heavy atom. The molecule has 0 aliphatic heterocycles. The standard InChI is InChI=1S/C6H3ClN4S2/c7-4-1-5(9-2-8-4)12-6-10-3-11-13-6/h1-3H. The molecule has 0 radical (unpaired) electrons. The van der Waals surface area contributed by atoms with E-state index in [1.54, 1.807) is 6.07 Å². The predicted octanol–water partition coefficient (Wildman–Crippen LogP) is 2.13. The van der Waals surface area contributed by atoms with E-state index in [1.165, 1.54) is 35.9 Å². The normalized spacial score (nSPS) is 10.2. The molecule has 2 rings (SSSR count). The van der Waals surface area contributed by atoms with Crippen molar-refractivity contribution < 1.29 is 0 Å². The number of hydrogen-bond acceptors (Lipinski definition) is 6. The molecule has 2 heterocycles. The third-order valence-electron chi connectivity index (χ3n) is 1.14. The SMILES string of the molecule is Clc1cc(Sc2ncns2)ncn1. The van der Waals surface area contributed by atoms with Crippen LogP contribution in [0.3, 0.4) is 0 Å². The highest BCUT2D eigenvalue weighted by molar-refractivity contribution is 8.00. The largest absolute Gasteiger partial charge is 0.229 e. The number of aromatic nitrogens is 4. The molecule has 7 heteroatoms. The Balaban J connectivity index is 2.19. The van der Waals surface area contributed by atoms with Gasteiger partial charge in [0, 0.05) is 6.07 Å². The number of hydrogen-bond donors (Lipinski definition) is 0. The van der Waals surface area contributed by atoms with Gasteiger partial charge in [0.2, 0.25) is 0 Å². The lowest BCUT2D eigenvalue weighted by atomic mass is 10.7. The summed E-state index contributed by atoms with van der Waals surface area (Å²) in [5, 5.41) is 1.21. The van der Waals surface area contributed by atoms with Crippen LogP contribution >= 0.6 is 34.9 Å². The summed E-state index contributed by atoms with van der Waals surface area (Å²) in [5.74, 6) is 0. The second-order valence-corrected chi connectivity index (χ2v) is 4.42. The van der Waals surface area contributed by atoms with Crippen LogP contribution in [0.5, 0.6) is 0 Å². The van der Waals surface area contributed by atoms with Gasteiger partial charge in [0.15, 0.2) is 4.34 Å². The van der Waals surface area contributed by atoms with Crippen LogP contribution in [0.2, 0.25) is 5.15 Å². The van der Waals surface area contributed by atoms with Crippen LogP contribution in [0.1, 0.15) is 0 Å². The summed E-state index contributed by atoms with van der Waals surface area (Å²) in [7, 11) is 0. The van der Waals surface area contributed by atoms with E-state index in [-0.39, 0.29) is 0 Å². The van der Waals surface area contributed by atoms with E-state index in [9.17, 15) is 0 Å². The Hall–Kier alpha value is -0.720. The zero-order valence-electron chi connectivity index (χ0n) is 6.22. The van der Waals surface area contributed by atoms with Crippen molar-refractivity contribution in [1.82, 2.24) is 19.3 Å². The first-order valence-electron chi connectivity index (χ1n) is 3.26. The van der Waals surface area contributed by atoms with Gasteiger partial charge in [-0.05, 0) is 23.3 Å². The molecule has 2 aromatic rings. The highest BCUT2D eigenvalue weighted by Gasteiger charge is 2.02. The molecule has 13 heavy (non-hydrogen) atoms. The van der Waals surface area contributed by atoms with Crippen LogP contribution in [0.15, 0.2) is 28.1 Å². The lowest BCUT2D eigenvalue weighted by molar-refractivity contribution is 1.04. The molecule has 0 fully saturated rings. The maximum Gasteiger partial charge on any atom is 0.175 e. The first-order chi connectivity index (χ1) is 6.34. The fourth-order valence-corrected chi connectivity index (χ4v) is 2.24. The first-order valence-corrected chi connectivity index (χ1v) is 5.23. The summed E-state index contributed by atoms with van der Waals surface area (Å²) in [5.41, 5.74) is 0. The van der Waals surface area contributed by atoms with Crippen molar-refractivity contribution in [2.45, 2.75) is 9.37 Å². The molecule has 0 aromatic carbocycles. The van der Waals surface area contributed by atoms with E-state index in [0.717, 1.165) is 9.37 Å². The molecule has 2 aromatic heterocycles. The van der Waals surface area contributed by atoms with Crippen LogP contribution in [0, 0.1) is 0 Å². The smallest absolute Gasteiger partial charge is 0.175 e. The van der Waals surface area contributed by atoms with Gasteiger partial charge in [-0.3, -0.25) is 0 Å². The van der Waals surface area contributed by atoms with E-state index >= 15 is 0 Å². The summed E-state index contributed by atoms with van der Waals surface area (Å²) >= 11 is 8.43. The third kappa shape index (κ3) is 2.36. The van der Waals surface area contributed by atoms with Crippen LogP contribution in [0.25, 0.3) is 0 Å². The molecule has 0 aliphatic carbocycles. The molecule has 0 N–H and O–H groups in total. The van der Waals surface area contributed by atoms with E-state index in [0.29, 0.717) is 5.15 Å². The Labute approximate surface area is 87.6 Å². The minimum absolute atomic E-state index is 0.432. The zero-order chi connectivity index (χ0) is 9.10. The van der Waals surface area contributed by atoms with Crippen molar-refractivity contribution in [2.75, 3.05) is 0 Å². The minimum atomic E-state index is 0.432. The highest BCUT2D eigenvalue weighted by Crippen LogP contribution is 2.26. The molecule has 4 nitrogen and oxygen atoms in total.